The minimum Gasteiger partial charge on any atom is -0.398 e. The number of nitrogen functional groups attached to an aromatic ring is 1. The molecule has 1 aromatic carbocycles. The summed E-state index contributed by atoms with van der Waals surface area (Å²) in [6, 6.07) is 6.47. The molecule has 3 heteroatoms. The number of rotatable bonds is 1. The molecule has 0 saturated carbocycles. The Labute approximate surface area is 86.0 Å². The number of thiophene rings is 1. The van der Waals surface area contributed by atoms with Crippen molar-refractivity contribution in [2.75, 3.05) is 5.73 Å². The molecule has 0 aliphatic rings. The quantitative estimate of drug-likeness (QED) is 0.761. The molecule has 1 nitrogen and oxygen atoms in total. The summed E-state index contributed by atoms with van der Waals surface area (Å²) in [5, 5.41) is 1.91. The van der Waals surface area contributed by atoms with Crippen LogP contribution >= 0.6 is 11.3 Å². The summed E-state index contributed by atoms with van der Waals surface area (Å²) in [4.78, 5) is 1.11. The molecule has 2 aromatic rings. The Kier molecular flexibility index (Phi) is 2.25. The fourth-order valence-electron chi connectivity index (χ4n) is 1.32. The maximum atomic E-state index is 12.7. The average Bonchev–Trinajstić information content (AvgIpc) is 2.50. The van der Waals surface area contributed by atoms with Crippen molar-refractivity contribution in [3.8, 4) is 10.4 Å². The van der Waals surface area contributed by atoms with Crippen molar-refractivity contribution in [2.45, 2.75) is 6.92 Å². The van der Waals surface area contributed by atoms with Crippen molar-refractivity contribution in [1.29, 1.82) is 0 Å². The SMILES string of the molecule is Cc1c(N)csc1-c1ccc(F)cc1. The van der Waals surface area contributed by atoms with Crippen LogP contribution in [0.2, 0.25) is 0 Å². The molecule has 0 spiro atoms. The van der Waals surface area contributed by atoms with Crippen LogP contribution in [-0.2, 0) is 0 Å². The number of anilines is 1. The zero-order chi connectivity index (χ0) is 10.1. The highest BCUT2D eigenvalue weighted by Crippen LogP contribution is 2.33. The van der Waals surface area contributed by atoms with Crippen LogP contribution < -0.4 is 5.73 Å². The van der Waals surface area contributed by atoms with E-state index in [2.05, 4.69) is 0 Å². The molecule has 0 saturated heterocycles. The maximum absolute atomic E-state index is 12.7. The summed E-state index contributed by atoms with van der Waals surface area (Å²) >= 11 is 1.59. The summed E-state index contributed by atoms with van der Waals surface area (Å²) in [6.45, 7) is 1.98. The molecule has 0 fully saturated rings. The second-order valence-electron chi connectivity index (χ2n) is 3.15. The first-order valence-corrected chi connectivity index (χ1v) is 5.16. The zero-order valence-corrected chi connectivity index (χ0v) is 8.57. The standard InChI is InChI=1S/C11H10FNS/c1-7-10(13)6-14-11(7)8-2-4-9(12)5-3-8/h2-6H,13H2,1H3. The van der Waals surface area contributed by atoms with Crippen molar-refractivity contribution in [1.82, 2.24) is 0 Å². The van der Waals surface area contributed by atoms with Gasteiger partial charge >= 0.3 is 0 Å². The lowest BCUT2D eigenvalue weighted by atomic mass is 10.1. The molecule has 0 unspecified atom stereocenters. The molecule has 0 radical (unpaired) electrons. The molecule has 0 aliphatic heterocycles. The molecule has 1 heterocycles. The maximum Gasteiger partial charge on any atom is 0.123 e. The van der Waals surface area contributed by atoms with E-state index in [0.29, 0.717) is 0 Å². The number of benzene rings is 1. The number of hydrogen-bond acceptors (Lipinski definition) is 2. The molecular weight excluding hydrogens is 197 g/mol. The van der Waals surface area contributed by atoms with Crippen LogP contribution in [0.15, 0.2) is 29.6 Å². The second-order valence-corrected chi connectivity index (χ2v) is 4.03. The summed E-state index contributed by atoms with van der Waals surface area (Å²) < 4.78 is 12.7. The van der Waals surface area contributed by atoms with Crippen LogP contribution in [-0.4, -0.2) is 0 Å². The topological polar surface area (TPSA) is 26.0 Å². The molecule has 1 aromatic heterocycles. The van der Waals surface area contributed by atoms with E-state index >= 15 is 0 Å². The lowest BCUT2D eigenvalue weighted by molar-refractivity contribution is 0.628. The normalized spacial score (nSPS) is 10.4. The van der Waals surface area contributed by atoms with E-state index in [-0.39, 0.29) is 5.82 Å². The van der Waals surface area contributed by atoms with Crippen molar-refractivity contribution in [3.63, 3.8) is 0 Å². The number of nitrogens with two attached hydrogens (primary N) is 1. The van der Waals surface area contributed by atoms with Crippen LogP contribution in [0, 0.1) is 12.7 Å². The van der Waals surface area contributed by atoms with Gasteiger partial charge in [0.2, 0.25) is 0 Å². The third kappa shape index (κ3) is 1.51. The second kappa shape index (κ2) is 3.42. The third-order valence-electron chi connectivity index (χ3n) is 2.18. The predicted octanol–water partition coefficient (Wildman–Crippen LogP) is 3.44. The molecular formula is C11H10FNS. The van der Waals surface area contributed by atoms with Crippen molar-refractivity contribution >= 4 is 17.0 Å². The number of hydrogen-bond donors (Lipinski definition) is 1. The highest BCUT2D eigenvalue weighted by molar-refractivity contribution is 7.14. The Bertz CT molecular complexity index is 445. The highest BCUT2D eigenvalue weighted by atomic mass is 32.1. The summed E-state index contributed by atoms with van der Waals surface area (Å²) in [7, 11) is 0. The van der Waals surface area contributed by atoms with Crippen LogP contribution in [0.1, 0.15) is 5.56 Å². The van der Waals surface area contributed by atoms with Gasteiger partial charge in [-0.05, 0) is 30.2 Å². The lowest BCUT2D eigenvalue weighted by Crippen LogP contribution is -1.84. The van der Waals surface area contributed by atoms with Gasteiger partial charge in [0.1, 0.15) is 5.82 Å². The van der Waals surface area contributed by atoms with Gasteiger partial charge in [-0.1, -0.05) is 12.1 Å². The van der Waals surface area contributed by atoms with Crippen LogP contribution in [0.4, 0.5) is 10.1 Å². The highest BCUT2D eigenvalue weighted by Gasteiger charge is 2.06. The predicted molar refractivity (Wildman–Crippen MR) is 58.9 cm³/mol. The van der Waals surface area contributed by atoms with Gasteiger partial charge in [-0.2, -0.15) is 0 Å². The van der Waals surface area contributed by atoms with E-state index < -0.39 is 0 Å². The van der Waals surface area contributed by atoms with E-state index in [4.69, 9.17) is 5.73 Å². The van der Waals surface area contributed by atoms with Crippen LogP contribution in [0.5, 0.6) is 0 Å². The van der Waals surface area contributed by atoms with E-state index in [1.165, 1.54) is 12.1 Å². The van der Waals surface area contributed by atoms with Gasteiger partial charge in [-0.3, -0.25) is 0 Å². The monoisotopic (exact) mass is 207 g/mol. The minimum atomic E-state index is -0.212. The first kappa shape index (κ1) is 9.21. The zero-order valence-electron chi connectivity index (χ0n) is 7.75. The van der Waals surface area contributed by atoms with Crippen LogP contribution in [0.25, 0.3) is 10.4 Å². The Balaban J connectivity index is 2.49. The van der Waals surface area contributed by atoms with Gasteiger partial charge in [0.15, 0.2) is 0 Å². The van der Waals surface area contributed by atoms with Gasteiger partial charge in [0.05, 0.1) is 0 Å². The van der Waals surface area contributed by atoms with Gasteiger partial charge in [-0.15, -0.1) is 11.3 Å². The largest absolute Gasteiger partial charge is 0.398 e. The molecule has 14 heavy (non-hydrogen) atoms. The summed E-state index contributed by atoms with van der Waals surface area (Å²) in [5.74, 6) is -0.212. The molecule has 0 bridgehead atoms. The molecule has 2 rings (SSSR count). The first-order valence-electron chi connectivity index (χ1n) is 4.28. The molecule has 72 valence electrons. The smallest absolute Gasteiger partial charge is 0.123 e. The fourth-order valence-corrected chi connectivity index (χ4v) is 2.30. The van der Waals surface area contributed by atoms with E-state index in [1.807, 2.05) is 12.3 Å². The summed E-state index contributed by atoms with van der Waals surface area (Å²) in [6.07, 6.45) is 0. The van der Waals surface area contributed by atoms with E-state index in [0.717, 1.165) is 21.7 Å². The third-order valence-corrected chi connectivity index (χ3v) is 3.33. The first-order chi connectivity index (χ1) is 6.68. The molecule has 0 aliphatic carbocycles. The van der Waals surface area contributed by atoms with Crippen LogP contribution in [0.3, 0.4) is 0 Å². The van der Waals surface area contributed by atoms with Crippen molar-refractivity contribution in [2.24, 2.45) is 0 Å². The van der Waals surface area contributed by atoms with Crippen molar-refractivity contribution < 1.29 is 4.39 Å². The Morgan fingerprint density at radius 1 is 1.21 bits per heavy atom. The van der Waals surface area contributed by atoms with E-state index in [9.17, 15) is 4.39 Å². The molecule has 0 amide bonds. The molecule has 2 N–H and O–H groups in total. The molecule has 0 atom stereocenters. The van der Waals surface area contributed by atoms with Gasteiger partial charge < -0.3 is 5.73 Å². The van der Waals surface area contributed by atoms with Gasteiger partial charge in [0.25, 0.3) is 0 Å². The number of halogens is 1. The van der Waals surface area contributed by atoms with Gasteiger partial charge in [0, 0.05) is 15.9 Å². The Morgan fingerprint density at radius 2 is 1.86 bits per heavy atom. The van der Waals surface area contributed by atoms with Crippen molar-refractivity contribution in [3.05, 3.63) is 41.0 Å². The summed E-state index contributed by atoms with van der Waals surface area (Å²) in [5.41, 5.74) is 8.63. The Hall–Kier alpha value is -1.35. The van der Waals surface area contributed by atoms with Gasteiger partial charge in [-0.25, -0.2) is 4.39 Å². The fraction of sp³-hybridized carbons (Fsp3) is 0.0909. The van der Waals surface area contributed by atoms with E-state index in [1.54, 1.807) is 23.5 Å². The Morgan fingerprint density at radius 3 is 2.36 bits per heavy atom. The minimum absolute atomic E-state index is 0.212. The average molecular weight is 207 g/mol. The lowest BCUT2D eigenvalue weighted by Gasteiger charge is -1.99.